The molecule has 0 saturated carbocycles. The van der Waals surface area contributed by atoms with E-state index < -0.39 is 17.4 Å². The first kappa shape index (κ1) is 23.7. The fourth-order valence-electron chi connectivity index (χ4n) is 4.86. The predicted octanol–water partition coefficient (Wildman–Crippen LogP) is 3.38. The molecule has 2 aliphatic rings. The fraction of sp³-hybridized carbons (Fsp3) is 0.333. The molecule has 1 amide bonds. The molecule has 0 aromatic heterocycles. The van der Waals surface area contributed by atoms with E-state index in [0.29, 0.717) is 26.2 Å². The van der Waals surface area contributed by atoms with Crippen molar-refractivity contribution < 1.29 is 19.4 Å². The molecule has 0 atom stereocenters. The van der Waals surface area contributed by atoms with Crippen molar-refractivity contribution >= 4 is 11.7 Å². The number of allylic oxidation sites excluding steroid dienone is 1. The van der Waals surface area contributed by atoms with Crippen LogP contribution < -0.4 is 0 Å². The smallest absolute Gasteiger partial charge is 0.276 e. The first-order valence-corrected chi connectivity index (χ1v) is 11.5. The second-order valence-corrected chi connectivity index (χ2v) is 8.59. The van der Waals surface area contributed by atoms with Crippen LogP contribution in [0.2, 0.25) is 0 Å². The molecule has 1 aliphatic heterocycles. The standard InChI is InChI=1S/C27H31N3O4/c1-4-23(31)26(32)25-27(33)29(16-9-17-34-3)18-30(28(25)2)24-21-12-7-5-10-19(21)14-15-20-11-6-8-13-22(20)24/h4-8,10-13,24,32H,1,9,14-18H2,2-3H3/b26-25+. The maximum absolute atomic E-state index is 13.4. The highest BCUT2D eigenvalue weighted by molar-refractivity contribution is 6.08. The van der Waals surface area contributed by atoms with Gasteiger partial charge in [-0.1, -0.05) is 55.1 Å². The Labute approximate surface area is 200 Å². The number of rotatable bonds is 7. The number of amides is 1. The normalized spacial score (nSPS) is 18.2. The van der Waals surface area contributed by atoms with Gasteiger partial charge < -0.3 is 14.7 Å². The minimum absolute atomic E-state index is 0.0484. The Balaban J connectivity index is 1.86. The number of ketones is 1. The van der Waals surface area contributed by atoms with Gasteiger partial charge in [0, 0.05) is 27.3 Å². The second-order valence-electron chi connectivity index (χ2n) is 8.59. The summed E-state index contributed by atoms with van der Waals surface area (Å²) in [5.41, 5.74) is 4.75. The van der Waals surface area contributed by atoms with Crippen molar-refractivity contribution in [3.05, 3.63) is 94.9 Å². The van der Waals surface area contributed by atoms with Crippen molar-refractivity contribution in [3.8, 4) is 0 Å². The monoisotopic (exact) mass is 461 g/mol. The largest absolute Gasteiger partial charge is 0.503 e. The molecule has 4 rings (SSSR count). The van der Waals surface area contributed by atoms with Gasteiger partial charge in [-0.05, 0) is 47.6 Å². The molecule has 7 nitrogen and oxygen atoms in total. The number of nitrogens with zero attached hydrogens (tertiary/aromatic N) is 3. The Morgan fingerprint density at radius 1 is 1.12 bits per heavy atom. The Bertz CT molecular complexity index is 1080. The number of aryl methyl sites for hydroxylation is 2. The van der Waals surface area contributed by atoms with Crippen molar-refractivity contribution in [1.29, 1.82) is 0 Å². The fourth-order valence-corrected chi connectivity index (χ4v) is 4.86. The summed E-state index contributed by atoms with van der Waals surface area (Å²) in [4.78, 5) is 27.4. The van der Waals surface area contributed by atoms with Gasteiger partial charge in [-0.15, -0.1) is 0 Å². The third kappa shape index (κ3) is 4.36. The lowest BCUT2D eigenvalue weighted by Crippen LogP contribution is -2.58. The van der Waals surface area contributed by atoms with E-state index in [1.165, 1.54) is 11.1 Å². The number of carbonyl (C=O) groups excluding carboxylic acids is 2. The molecule has 1 heterocycles. The maximum Gasteiger partial charge on any atom is 0.276 e. The predicted molar refractivity (Wildman–Crippen MR) is 130 cm³/mol. The molecule has 1 aliphatic carbocycles. The van der Waals surface area contributed by atoms with Gasteiger partial charge >= 0.3 is 0 Å². The van der Waals surface area contributed by atoms with Crippen LogP contribution in [0.3, 0.4) is 0 Å². The van der Waals surface area contributed by atoms with E-state index in [9.17, 15) is 14.7 Å². The molecule has 0 spiro atoms. The highest BCUT2D eigenvalue weighted by Crippen LogP contribution is 2.39. The Hall–Kier alpha value is -3.42. The van der Waals surface area contributed by atoms with Crippen LogP contribution in [0.15, 0.2) is 72.6 Å². The van der Waals surface area contributed by atoms with E-state index in [1.54, 1.807) is 24.1 Å². The van der Waals surface area contributed by atoms with Crippen molar-refractivity contribution in [3.63, 3.8) is 0 Å². The van der Waals surface area contributed by atoms with E-state index in [4.69, 9.17) is 4.74 Å². The number of likely N-dealkylation sites (N-methyl/N-ethyl adjacent to an activating group) is 1. The third-order valence-electron chi connectivity index (χ3n) is 6.60. The van der Waals surface area contributed by atoms with E-state index in [0.717, 1.165) is 30.0 Å². The lowest BCUT2D eigenvalue weighted by molar-refractivity contribution is -0.152. The summed E-state index contributed by atoms with van der Waals surface area (Å²) in [6.45, 7) is 4.72. The quantitative estimate of drug-likeness (QED) is 0.387. The van der Waals surface area contributed by atoms with Crippen molar-refractivity contribution in [1.82, 2.24) is 14.9 Å². The molecule has 0 radical (unpaired) electrons. The summed E-state index contributed by atoms with van der Waals surface area (Å²) in [7, 11) is 3.35. The van der Waals surface area contributed by atoms with Crippen LogP contribution in [0.25, 0.3) is 0 Å². The first-order valence-electron chi connectivity index (χ1n) is 11.5. The van der Waals surface area contributed by atoms with Crippen molar-refractivity contribution in [2.24, 2.45) is 0 Å². The number of methoxy groups -OCH3 is 1. The molecule has 34 heavy (non-hydrogen) atoms. The average molecular weight is 462 g/mol. The average Bonchev–Trinajstić information content (AvgIpc) is 3.02. The van der Waals surface area contributed by atoms with Gasteiger partial charge in [-0.25, -0.2) is 0 Å². The van der Waals surface area contributed by atoms with Crippen molar-refractivity contribution in [2.45, 2.75) is 25.3 Å². The van der Waals surface area contributed by atoms with E-state index in [2.05, 4.69) is 35.9 Å². The molecule has 1 N–H and O–H groups in total. The summed E-state index contributed by atoms with van der Waals surface area (Å²) < 4.78 is 5.18. The van der Waals surface area contributed by atoms with E-state index in [-0.39, 0.29) is 11.7 Å². The van der Waals surface area contributed by atoms with Crippen LogP contribution >= 0.6 is 0 Å². The van der Waals surface area contributed by atoms with E-state index in [1.807, 2.05) is 24.3 Å². The van der Waals surface area contributed by atoms with Gasteiger partial charge in [-0.2, -0.15) is 5.01 Å². The van der Waals surface area contributed by atoms with Crippen LogP contribution in [0.5, 0.6) is 0 Å². The lowest BCUT2D eigenvalue weighted by Gasteiger charge is -2.47. The highest BCUT2D eigenvalue weighted by atomic mass is 16.5. The number of aliphatic hydroxyl groups is 1. The molecule has 2 aromatic carbocycles. The van der Waals surface area contributed by atoms with Crippen LogP contribution in [-0.4, -0.2) is 65.7 Å². The summed E-state index contributed by atoms with van der Waals surface area (Å²) in [5.74, 6) is -1.67. The summed E-state index contributed by atoms with van der Waals surface area (Å²) in [6.07, 6.45) is 3.50. The van der Waals surface area contributed by atoms with Crippen LogP contribution in [0.1, 0.15) is 34.7 Å². The van der Waals surface area contributed by atoms with Gasteiger partial charge in [0.2, 0.25) is 5.78 Å². The zero-order chi connectivity index (χ0) is 24.2. The van der Waals surface area contributed by atoms with Crippen molar-refractivity contribution in [2.75, 3.05) is 34.0 Å². The van der Waals surface area contributed by atoms with Gasteiger partial charge in [0.05, 0.1) is 12.7 Å². The number of fused-ring (bicyclic) bond motifs is 2. The number of hydrazine groups is 1. The minimum Gasteiger partial charge on any atom is -0.503 e. The molecule has 2 aromatic rings. The number of carbonyl (C=O) groups is 2. The zero-order valence-corrected chi connectivity index (χ0v) is 19.7. The number of benzene rings is 2. The molecular weight excluding hydrogens is 430 g/mol. The maximum atomic E-state index is 13.4. The van der Waals surface area contributed by atoms with E-state index >= 15 is 0 Å². The van der Waals surface area contributed by atoms with Gasteiger partial charge in [0.15, 0.2) is 11.5 Å². The van der Waals surface area contributed by atoms with Gasteiger partial charge in [0.25, 0.3) is 5.91 Å². The lowest BCUT2D eigenvalue weighted by atomic mass is 9.94. The molecule has 0 unspecified atom stereocenters. The zero-order valence-electron chi connectivity index (χ0n) is 19.7. The number of ether oxygens (including phenoxy) is 1. The Morgan fingerprint density at radius 3 is 2.26 bits per heavy atom. The van der Waals surface area contributed by atoms with Gasteiger partial charge in [-0.3, -0.25) is 14.6 Å². The summed E-state index contributed by atoms with van der Waals surface area (Å²) in [5, 5.41) is 14.4. The molecule has 0 bridgehead atoms. The molecule has 1 fully saturated rings. The number of hydrogen-bond acceptors (Lipinski definition) is 6. The first-order chi connectivity index (χ1) is 16.5. The summed E-state index contributed by atoms with van der Waals surface area (Å²) in [6, 6.07) is 16.5. The SMILES string of the molecule is C=CC(=O)/C(O)=C1/C(=O)N(CCCOC)CN(C2c3ccccc3CCc3ccccc32)N1C. The number of hydrogen-bond donors (Lipinski definition) is 1. The second kappa shape index (κ2) is 10.2. The Morgan fingerprint density at radius 2 is 1.71 bits per heavy atom. The van der Waals surface area contributed by atoms with Crippen LogP contribution in [0.4, 0.5) is 0 Å². The Kier molecular flexibility index (Phi) is 7.14. The van der Waals surface area contributed by atoms with Gasteiger partial charge in [0.1, 0.15) is 0 Å². The molecule has 178 valence electrons. The van der Waals surface area contributed by atoms with Crippen LogP contribution in [0, 0.1) is 0 Å². The third-order valence-corrected chi connectivity index (χ3v) is 6.60. The molecule has 7 heteroatoms. The minimum atomic E-state index is -0.685. The molecule has 1 saturated heterocycles. The highest BCUT2D eigenvalue weighted by Gasteiger charge is 2.41. The van der Waals surface area contributed by atoms with Crippen LogP contribution in [-0.2, 0) is 27.2 Å². The molecular formula is C27H31N3O4. The number of aliphatic hydroxyl groups excluding tert-OH is 1. The summed E-state index contributed by atoms with van der Waals surface area (Å²) >= 11 is 0. The topological polar surface area (TPSA) is 73.3 Å².